The van der Waals surface area contributed by atoms with Gasteiger partial charge in [-0.2, -0.15) is 4.72 Å². The molecule has 0 spiro atoms. The van der Waals surface area contributed by atoms with Crippen LogP contribution in [0.3, 0.4) is 0 Å². The van der Waals surface area contributed by atoms with E-state index in [1.807, 2.05) is 0 Å². The van der Waals surface area contributed by atoms with Crippen LogP contribution in [0, 0.1) is 12.8 Å². The van der Waals surface area contributed by atoms with Crippen LogP contribution in [0.15, 0.2) is 47.5 Å². The molecule has 11 heteroatoms. The van der Waals surface area contributed by atoms with E-state index in [4.69, 9.17) is 10.5 Å². The molecule has 1 aliphatic heterocycles. The second-order valence-corrected chi connectivity index (χ2v) is 13.0. The lowest BCUT2D eigenvalue weighted by Gasteiger charge is -2.33. The number of nitrogens with zero attached hydrogens (tertiary/aromatic N) is 3. The Hall–Kier alpha value is -3.31. The minimum Gasteiger partial charge on any atom is -0.443 e. The van der Waals surface area contributed by atoms with Gasteiger partial charge >= 0.3 is 6.09 Å². The van der Waals surface area contributed by atoms with E-state index in [1.165, 1.54) is 4.57 Å². The first-order valence-electron chi connectivity index (χ1n) is 13.3. The van der Waals surface area contributed by atoms with Crippen LogP contribution in [0.4, 0.5) is 10.6 Å². The van der Waals surface area contributed by atoms with Crippen molar-refractivity contribution in [1.29, 1.82) is 0 Å². The largest absolute Gasteiger partial charge is 0.443 e. The van der Waals surface area contributed by atoms with E-state index in [0.29, 0.717) is 42.3 Å². The lowest BCUT2D eigenvalue weighted by Crippen LogP contribution is -2.51. The standard InChI is InChI=1S/C28H39N5O5S/c1-19-12-16-32(17-13-19)26(34)22(14-18-31-15-8-11-24(31)29)30-39(36,37)25-20(2)33(27(35)38-28(3,4)5)23-10-7-6-9-21(23)25/h6-11,15,19,22,30H,12-14,16-18,29H2,1-5H3. The zero-order chi connectivity index (χ0) is 28.5. The first kappa shape index (κ1) is 28.7. The molecule has 1 amide bonds. The molecule has 1 saturated heterocycles. The molecule has 0 saturated carbocycles. The van der Waals surface area contributed by atoms with E-state index in [-0.39, 0.29) is 22.9 Å². The van der Waals surface area contributed by atoms with Gasteiger partial charge in [0.2, 0.25) is 15.9 Å². The molecule has 10 nitrogen and oxygen atoms in total. The summed E-state index contributed by atoms with van der Waals surface area (Å²) in [4.78, 5) is 28.5. The SMILES string of the molecule is Cc1c(S(=O)(=O)NC(CCn2cccc2N)C(=O)N2CCC(C)CC2)c2ccccc2n1C(=O)OC(C)(C)C. The van der Waals surface area contributed by atoms with Crippen LogP contribution in [0.5, 0.6) is 0 Å². The number of fused-ring (bicyclic) bond motifs is 1. The molecular weight excluding hydrogens is 518 g/mol. The third-order valence-electron chi connectivity index (χ3n) is 7.11. The van der Waals surface area contributed by atoms with Crippen LogP contribution in [-0.2, 0) is 26.1 Å². The zero-order valence-corrected chi connectivity index (χ0v) is 24.1. The van der Waals surface area contributed by atoms with Gasteiger partial charge in [-0.15, -0.1) is 0 Å². The monoisotopic (exact) mass is 557 g/mol. The van der Waals surface area contributed by atoms with Crippen molar-refractivity contribution in [1.82, 2.24) is 18.8 Å². The van der Waals surface area contributed by atoms with Crippen LogP contribution < -0.4 is 10.5 Å². The van der Waals surface area contributed by atoms with Crippen LogP contribution >= 0.6 is 0 Å². The second kappa shape index (κ2) is 11.1. The van der Waals surface area contributed by atoms with Crippen molar-refractivity contribution in [3.05, 3.63) is 48.3 Å². The highest BCUT2D eigenvalue weighted by atomic mass is 32.2. The summed E-state index contributed by atoms with van der Waals surface area (Å²) in [7, 11) is -4.24. The Balaban J connectivity index is 1.70. The number of hydrogen-bond acceptors (Lipinski definition) is 6. The Bertz CT molecular complexity index is 1460. The maximum absolute atomic E-state index is 14.0. The summed E-state index contributed by atoms with van der Waals surface area (Å²) in [5.74, 6) is 0.794. The molecule has 3 N–H and O–H groups in total. The molecule has 212 valence electrons. The summed E-state index contributed by atoms with van der Waals surface area (Å²) >= 11 is 0. The minimum absolute atomic E-state index is 0.0468. The molecule has 1 atom stereocenters. The highest BCUT2D eigenvalue weighted by Crippen LogP contribution is 2.31. The predicted octanol–water partition coefficient (Wildman–Crippen LogP) is 4.11. The first-order chi connectivity index (χ1) is 18.3. The number of nitrogens with one attached hydrogen (secondary N) is 1. The topological polar surface area (TPSA) is 129 Å². The van der Waals surface area contributed by atoms with Crippen LogP contribution in [0.1, 0.15) is 52.7 Å². The van der Waals surface area contributed by atoms with Gasteiger partial charge in [0.1, 0.15) is 22.4 Å². The molecule has 39 heavy (non-hydrogen) atoms. The molecule has 1 unspecified atom stereocenters. The van der Waals surface area contributed by atoms with Gasteiger partial charge in [0.15, 0.2) is 0 Å². The Kier molecular flexibility index (Phi) is 8.13. The number of hydrogen-bond donors (Lipinski definition) is 2. The van der Waals surface area contributed by atoms with E-state index in [1.54, 1.807) is 79.8 Å². The number of piperidine rings is 1. The van der Waals surface area contributed by atoms with Gasteiger partial charge in [-0.05, 0) is 71.1 Å². The maximum Gasteiger partial charge on any atom is 0.419 e. The van der Waals surface area contributed by atoms with E-state index in [9.17, 15) is 18.0 Å². The van der Waals surface area contributed by atoms with Crippen molar-refractivity contribution >= 4 is 38.7 Å². The first-order valence-corrected chi connectivity index (χ1v) is 14.8. The Morgan fingerprint density at radius 1 is 1.13 bits per heavy atom. The van der Waals surface area contributed by atoms with E-state index >= 15 is 0 Å². The maximum atomic E-state index is 14.0. The highest BCUT2D eigenvalue weighted by Gasteiger charge is 2.35. The lowest BCUT2D eigenvalue weighted by molar-refractivity contribution is -0.134. The molecule has 4 rings (SSSR count). The number of nitrogen functional groups attached to an aromatic ring is 1. The van der Waals surface area contributed by atoms with E-state index in [2.05, 4.69) is 11.6 Å². The summed E-state index contributed by atoms with van der Waals surface area (Å²) in [5.41, 5.74) is 5.88. The molecule has 0 bridgehead atoms. The molecule has 3 heterocycles. The zero-order valence-electron chi connectivity index (χ0n) is 23.3. The predicted molar refractivity (Wildman–Crippen MR) is 151 cm³/mol. The third-order valence-corrected chi connectivity index (χ3v) is 8.76. The second-order valence-electron chi connectivity index (χ2n) is 11.3. The highest BCUT2D eigenvalue weighted by molar-refractivity contribution is 7.89. The number of carbonyl (C=O) groups excluding carboxylic acids is 2. The number of sulfonamides is 1. The average molecular weight is 558 g/mol. The third kappa shape index (κ3) is 6.30. The average Bonchev–Trinajstić information content (AvgIpc) is 3.40. The van der Waals surface area contributed by atoms with Crippen molar-refractivity contribution in [2.45, 2.75) is 77.0 Å². The van der Waals surface area contributed by atoms with Gasteiger partial charge < -0.3 is 19.9 Å². The summed E-state index contributed by atoms with van der Waals surface area (Å²) in [6.45, 7) is 10.5. The molecular formula is C28H39N5O5S. The van der Waals surface area contributed by atoms with Crippen molar-refractivity contribution in [2.75, 3.05) is 18.8 Å². The number of para-hydroxylation sites is 1. The fraction of sp³-hybridized carbons (Fsp3) is 0.500. The molecule has 1 aromatic carbocycles. The number of amides is 1. The number of benzene rings is 1. The van der Waals surface area contributed by atoms with Crippen molar-refractivity contribution in [2.24, 2.45) is 5.92 Å². The summed E-state index contributed by atoms with van der Waals surface area (Å²) < 4.78 is 39.3. The van der Waals surface area contributed by atoms with Crippen LogP contribution in [-0.4, -0.2) is 59.2 Å². The smallest absolute Gasteiger partial charge is 0.419 e. The molecule has 0 radical (unpaired) electrons. The number of aryl methyl sites for hydroxylation is 1. The number of ether oxygens (including phenoxy) is 1. The van der Waals surface area contributed by atoms with Crippen molar-refractivity contribution < 1.29 is 22.7 Å². The summed E-state index contributed by atoms with van der Waals surface area (Å²) in [5, 5.41) is 0.376. The summed E-state index contributed by atoms with van der Waals surface area (Å²) in [6, 6.07) is 9.33. The molecule has 0 aliphatic carbocycles. The van der Waals surface area contributed by atoms with Crippen molar-refractivity contribution in [3.8, 4) is 0 Å². The number of nitrogens with two attached hydrogens (primary N) is 1. The van der Waals surface area contributed by atoms with Gasteiger partial charge in [-0.25, -0.2) is 17.8 Å². The number of aromatic nitrogens is 2. The number of carbonyl (C=O) groups is 2. The van der Waals surface area contributed by atoms with Gasteiger partial charge in [0.25, 0.3) is 0 Å². The van der Waals surface area contributed by atoms with Crippen LogP contribution in [0.2, 0.25) is 0 Å². The fourth-order valence-corrected chi connectivity index (χ4v) is 6.70. The Labute approximate surface area is 230 Å². The molecule has 2 aromatic heterocycles. The molecule has 1 aliphatic rings. The molecule has 3 aromatic rings. The fourth-order valence-electron chi connectivity index (χ4n) is 5.05. The quantitative estimate of drug-likeness (QED) is 0.450. The van der Waals surface area contributed by atoms with E-state index in [0.717, 1.165) is 12.8 Å². The Morgan fingerprint density at radius 2 is 1.79 bits per heavy atom. The van der Waals surface area contributed by atoms with Gasteiger partial charge in [0, 0.05) is 36.9 Å². The number of anilines is 1. The van der Waals surface area contributed by atoms with Gasteiger partial charge in [-0.1, -0.05) is 25.1 Å². The number of likely N-dealkylation sites (tertiary alicyclic amines) is 1. The van der Waals surface area contributed by atoms with Crippen molar-refractivity contribution in [3.63, 3.8) is 0 Å². The minimum atomic E-state index is -4.24. The van der Waals surface area contributed by atoms with Gasteiger partial charge in [0.05, 0.1) is 5.52 Å². The number of rotatable bonds is 7. The lowest BCUT2D eigenvalue weighted by atomic mass is 9.98. The normalized spacial score (nSPS) is 16.0. The van der Waals surface area contributed by atoms with Crippen LogP contribution in [0.25, 0.3) is 10.9 Å². The molecule has 1 fully saturated rings. The van der Waals surface area contributed by atoms with E-state index < -0.39 is 27.8 Å². The Morgan fingerprint density at radius 3 is 2.41 bits per heavy atom. The van der Waals surface area contributed by atoms with Gasteiger partial charge in [-0.3, -0.25) is 4.79 Å². The summed E-state index contributed by atoms with van der Waals surface area (Å²) in [6.07, 6.45) is 3.09.